The summed E-state index contributed by atoms with van der Waals surface area (Å²) >= 11 is 1.15. The monoisotopic (exact) mass is 496 g/mol. The van der Waals surface area contributed by atoms with Crippen molar-refractivity contribution in [3.63, 3.8) is 0 Å². The van der Waals surface area contributed by atoms with E-state index in [1.54, 1.807) is 37.3 Å². The molecular weight excluding hydrogens is 475 g/mol. The van der Waals surface area contributed by atoms with Crippen molar-refractivity contribution in [2.24, 2.45) is 4.99 Å². The van der Waals surface area contributed by atoms with Crippen LogP contribution < -0.4 is 24.4 Å². The molecule has 10 heteroatoms. The second-order valence-corrected chi connectivity index (χ2v) is 8.64. The highest BCUT2D eigenvalue weighted by molar-refractivity contribution is 7.07. The second kappa shape index (κ2) is 9.67. The smallest absolute Gasteiger partial charge is 0.338 e. The Labute approximate surface area is 203 Å². The molecule has 0 aliphatic carbocycles. The summed E-state index contributed by atoms with van der Waals surface area (Å²) in [6, 6.07) is 9.66. The van der Waals surface area contributed by atoms with Crippen LogP contribution in [0.15, 0.2) is 63.5 Å². The first kappa shape index (κ1) is 24.1. The lowest BCUT2D eigenvalue weighted by Crippen LogP contribution is -2.39. The lowest BCUT2D eigenvalue weighted by atomic mass is 9.95. The number of benzene rings is 2. The number of thiazole rings is 1. The third-order valence-corrected chi connectivity index (χ3v) is 6.33. The fourth-order valence-electron chi connectivity index (χ4n) is 3.81. The number of fused-ring (bicyclic) bond motifs is 1. The SMILES string of the molecule is COC(=O)C1=C(C)N=c2sc(=Cc3ccc(F)cc3)c(=O)n2C1c1ccc(OC(C)=O)c(OC)c1. The highest BCUT2D eigenvalue weighted by Gasteiger charge is 2.33. The molecule has 1 unspecified atom stereocenters. The van der Waals surface area contributed by atoms with Gasteiger partial charge < -0.3 is 14.2 Å². The van der Waals surface area contributed by atoms with Gasteiger partial charge in [0.15, 0.2) is 16.3 Å². The fourth-order valence-corrected chi connectivity index (χ4v) is 4.86. The minimum Gasteiger partial charge on any atom is -0.493 e. The maximum Gasteiger partial charge on any atom is 0.338 e. The highest BCUT2D eigenvalue weighted by Crippen LogP contribution is 2.36. The maximum atomic E-state index is 13.5. The summed E-state index contributed by atoms with van der Waals surface area (Å²) in [4.78, 5) is 42.6. The average molecular weight is 497 g/mol. The van der Waals surface area contributed by atoms with Gasteiger partial charge in [0.2, 0.25) is 0 Å². The molecule has 0 saturated carbocycles. The maximum absolute atomic E-state index is 13.5. The molecule has 0 N–H and O–H groups in total. The van der Waals surface area contributed by atoms with Gasteiger partial charge in [-0.15, -0.1) is 0 Å². The molecule has 0 spiro atoms. The van der Waals surface area contributed by atoms with E-state index in [-0.39, 0.29) is 28.4 Å². The first-order valence-corrected chi connectivity index (χ1v) is 11.3. The first-order chi connectivity index (χ1) is 16.7. The van der Waals surface area contributed by atoms with Gasteiger partial charge in [-0.1, -0.05) is 29.5 Å². The summed E-state index contributed by atoms with van der Waals surface area (Å²) in [7, 11) is 2.67. The van der Waals surface area contributed by atoms with Crippen LogP contribution in [0.3, 0.4) is 0 Å². The Morgan fingerprint density at radius 3 is 2.46 bits per heavy atom. The van der Waals surface area contributed by atoms with Gasteiger partial charge in [0, 0.05) is 6.92 Å². The third-order valence-electron chi connectivity index (χ3n) is 5.35. The van der Waals surface area contributed by atoms with Crippen molar-refractivity contribution in [2.75, 3.05) is 14.2 Å². The lowest BCUT2D eigenvalue weighted by molar-refractivity contribution is -0.136. The van der Waals surface area contributed by atoms with Crippen LogP contribution in [0.2, 0.25) is 0 Å². The van der Waals surface area contributed by atoms with Crippen molar-refractivity contribution >= 4 is 29.4 Å². The van der Waals surface area contributed by atoms with E-state index in [0.29, 0.717) is 26.2 Å². The highest BCUT2D eigenvalue weighted by atomic mass is 32.1. The number of nitrogens with zero attached hydrogens (tertiary/aromatic N) is 2. The van der Waals surface area contributed by atoms with Gasteiger partial charge >= 0.3 is 11.9 Å². The predicted molar refractivity (Wildman–Crippen MR) is 126 cm³/mol. The van der Waals surface area contributed by atoms with E-state index < -0.39 is 18.0 Å². The molecule has 3 aromatic rings. The van der Waals surface area contributed by atoms with Gasteiger partial charge in [-0.05, 0) is 48.4 Å². The van der Waals surface area contributed by atoms with Crippen LogP contribution in [-0.2, 0) is 14.3 Å². The van der Waals surface area contributed by atoms with Crippen molar-refractivity contribution in [1.82, 2.24) is 4.57 Å². The lowest BCUT2D eigenvalue weighted by Gasteiger charge is -2.25. The van der Waals surface area contributed by atoms with E-state index in [1.807, 2.05) is 0 Å². The van der Waals surface area contributed by atoms with Gasteiger partial charge in [-0.3, -0.25) is 14.2 Å². The average Bonchev–Trinajstić information content (AvgIpc) is 3.13. The number of aromatic nitrogens is 1. The van der Waals surface area contributed by atoms with E-state index >= 15 is 0 Å². The molecule has 1 aliphatic heterocycles. The topological polar surface area (TPSA) is 96.2 Å². The Balaban J connectivity index is 1.95. The molecule has 1 atom stereocenters. The zero-order valence-corrected chi connectivity index (χ0v) is 20.1. The molecule has 35 heavy (non-hydrogen) atoms. The minimum absolute atomic E-state index is 0.190. The number of halogens is 1. The number of hydrogen-bond donors (Lipinski definition) is 0. The molecule has 4 rings (SSSR count). The van der Waals surface area contributed by atoms with Gasteiger partial charge in [0.05, 0.1) is 36.1 Å². The molecule has 1 aliphatic rings. The van der Waals surface area contributed by atoms with E-state index in [2.05, 4.69) is 4.99 Å². The number of ether oxygens (including phenoxy) is 3. The van der Waals surface area contributed by atoms with Crippen LogP contribution in [0, 0.1) is 5.82 Å². The van der Waals surface area contributed by atoms with Gasteiger partial charge in [0.25, 0.3) is 5.56 Å². The predicted octanol–water partition coefficient (Wildman–Crippen LogP) is 2.48. The van der Waals surface area contributed by atoms with Crippen molar-refractivity contribution in [1.29, 1.82) is 0 Å². The van der Waals surface area contributed by atoms with Gasteiger partial charge in [-0.2, -0.15) is 0 Å². The third kappa shape index (κ3) is 4.65. The zero-order chi connectivity index (χ0) is 25.3. The molecule has 0 amide bonds. The largest absolute Gasteiger partial charge is 0.493 e. The van der Waals surface area contributed by atoms with Crippen molar-refractivity contribution in [3.05, 3.63) is 90.4 Å². The Hall–Kier alpha value is -4.05. The number of methoxy groups -OCH3 is 2. The van der Waals surface area contributed by atoms with E-state index in [0.717, 1.165) is 11.3 Å². The van der Waals surface area contributed by atoms with E-state index in [9.17, 15) is 18.8 Å². The number of carbonyl (C=O) groups is 2. The molecular formula is C25H21FN2O6S. The summed E-state index contributed by atoms with van der Waals surface area (Å²) in [6.07, 6.45) is 1.64. The van der Waals surface area contributed by atoms with Crippen LogP contribution in [0.4, 0.5) is 4.39 Å². The van der Waals surface area contributed by atoms with Crippen LogP contribution in [0.25, 0.3) is 6.08 Å². The molecule has 0 fully saturated rings. The Morgan fingerprint density at radius 1 is 1.11 bits per heavy atom. The quantitative estimate of drug-likeness (QED) is 0.398. The number of esters is 2. The minimum atomic E-state index is -0.866. The fraction of sp³-hybridized carbons (Fsp3) is 0.200. The van der Waals surface area contributed by atoms with Crippen LogP contribution in [-0.4, -0.2) is 30.7 Å². The van der Waals surface area contributed by atoms with Crippen molar-refractivity contribution in [2.45, 2.75) is 19.9 Å². The Kier molecular flexibility index (Phi) is 6.65. The van der Waals surface area contributed by atoms with Crippen LogP contribution in [0.1, 0.15) is 31.0 Å². The number of carbonyl (C=O) groups excluding carboxylic acids is 2. The number of rotatable bonds is 5. The van der Waals surface area contributed by atoms with Gasteiger partial charge in [-0.25, -0.2) is 14.2 Å². The number of hydrogen-bond acceptors (Lipinski definition) is 8. The summed E-state index contributed by atoms with van der Waals surface area (Å²) in [6.45, 7) is 2.94. The second-order valence-electron chi connectivity index (χ2n) is 7.63. The molecule has 0 radical (unpaired) electrons. The summed E-state index contributed by atoms with van der Waals surface area (Å²) in [5, 5.41) is 0. The van der Waals surface area contributed by atoms with E-state index in [1.165, 1.54) is 43.9 Å². The van der Waals surface area contributed by atoms with Crippen LogP contribution >= 0.6 is 11.3 Å². The Morgan fingerprint density at radius 2 is 1.83 bits per heavy atom. The summed E-state index contributed by atoms with van der Waals surface area (Å²) in [5.74, 6) is -1.08. The standard InChI is InChI=1S/C25H21FN2O6S/c1-13-21(24(31)33-4)22(16-7-10-18(34-14(2)29)19(12-16)32-3)28-23(30)20(35-25(28)27-13)11-15-5-8-17(26)9-6-15/h5-12,22H,1-4H3. The van der Waals surface area contributed by atoms with Crippen LogP contribution in [0.5, 0.6) is 11.5 Å². The molecule has 8 nitrogen and oxygen atoms in total. The number of allylic oxidation sites excluding steroid dienone is 1. The zero-order valence-electron chi connectivity index (χ0n) is 19.3. The van der Waals surface area contributed by atoms with E-state index in [4.69, 9.17) is 14.2 Å². The van der Waals surface area contributed by atoms with Gasteiger partial charge in [0.1, 0.15) is 5.82 Å². The molecule has 2 heterocycles. The summed E-state index contributed by atoms with van der Waals surface area (Å²) in [5.41, 5.74) is 1.39. The first-order valence-electron chi connectivity index (χ1n) is 10.5. The molecule has 2 aromatic carbocycles. The summed E-state index contributed by atoms with van der Waals surface area (Å²) < 4.78 is 30.7. The normalized spacial score (nSPS) is 15.3. The van der Waals surface area contributed by atoms with Crippen molar-refractivity contribution < 1.29 is 28.2 Å². The molecule has 0 bridgehead atoms. The van der Waals surface area contributed by atoms with Crippen molar-refractivity contribution in [3.8, 4) is 11.5 Å². The molecule has 180 valence electrons. The molecule has 0 saturated heterocycles. The Bertz CT molecular complexity index is 1540. The molecule has 1 aromatic heterocycles.